The summed E-state index contributed by atoms with van der Waals surface area (Å²) in [6, 6.07) is 4.05. The number of hydrogen-bond donors (Lipinski definition) is 1. The van der Waals surface area contributed by atoms with Gasteiger partial charge in [-0.3, -0.25) is 9.55 Å². The van der Waals surface area contributed by atoms with Crippen molar-refractivity contribution < 1.29 is 0 Å². The fourth-order valence-corrected chi connectivity index (χ4v) is 1.90. The largest absolute Gasteiger partial charge is 0.321 e. The Balaban J connectivity index is 2.58. The van der Waals surface area contributed by atoms with Crippen LogP contribution in [-0.2, 0) is 5.54 Å². The van der Waals surface area contributed by atoms with Crippen molar-refractivity contribution in [2.24, 2.45) is 5.73 Å². The van der Waals surface area contributed by atoms with E-state index in [2.05, 4.69) is 16.0 Å². The van der Waals surface area contributed by atoms with Gasteiger partial charge in [0.05, 0.1) is 35.1 Å². The Labute approximate surface area is 102 Å². The van der Waals surface area contributed by atoms with Crippen LogP contribution in [0.15, 0.2) is 24.7 Å². The van der Waals surface area contributed by atoms with Crippen molar-refractivity contribution in [3.8, 4) is 5.69 Å². The highest BCUT2D eigenvalue weighted by molar-refractivity contribution is 5.39. The highest BCUT2D eigenvalue weighted by Gasteiger charge is 2.20. The van der Waals surface area contributed by atoms with E-state index in [-0.39, 0.29) is 0 Å². The summed E-state index contributed by atoms with van der Waals surface area (Å²) in [6.07, 6.45) is 3.59. The lowest BCUT2D eigenvalue weighted by atomic mass is 10.0. The molecule has 0 amide bonds. The first-order chi connectivity index (χ1) is 7.89. The molecule has 0 radical (unpaired) electrons. The molecule has 0 fully saturated rings. The van der Waals surface area contributed by atoms with Gasteiger partial charge in [0.2, 0.25) is 0 Å². The number of aromatic nitrogens is 3. The molecule has 0 atom stereocenters. The number of imidazole rings is 1. The number of hydrogen-bond acceptors (Lipinski definition) is 3. The van der Waals surface area contributed by atoms with Gasteiger partial charge in [0.1, 0.15) is 0 Å². The standard InChI is InChI=1S/C13H18N4/c1-9-5-6-11(10(2)16-9)17-8-15-7-12(17)13(3,4)14/h5-8H,14H2,1-4H3. The molecule has 0 saturated carbocycles. The second kappa shape index (κ2) is 3.96. The molecule has 4 heteroatoms. The highest BCUT2D eigenvalue weighted by atomic mass is 15.1. The van der Waals surface area contributed by atoms with Crippen LogP contribution in [0.2, 0.25) is 0 Å². The molecule has 2 rings (SSSR count). The predicted molar refractivity (Wildman–Crippen MR) is 68.0 cm³/mol. The van der Waals surface area contributed by atoms with Crippen molar-refractivity contribution >= 4 is 0 Å². The third-order valence-corrected chi connectivity index (χ3v) is 2.76. The molecule has 0 saturated heterocycles. The second-order valence-electron chi connectivity index (χ2n) is 4.93. The van der Waals surface area contributed by atoms with E-state index in [1.54, 1.807) is 12.5 Å². The molecule has 0 unspecified atom stereocenters. The summed E-state index contributed by atoms with van der Waals surface area (Å²) >= 11 is 0. The Morgan fingerprint density at radius 1 is 1.24 bits per heavy atom. The molecule has 0 aliphatic carbocycles. The minimum absolute atomic E-state index is 0.423. The van der Waals surface area contributed by atoms with E-state index in [4.69, 9.17) is 5.73 Å². The first-order valence-corrected chi connectivity index (χ1v) is 5.66. The normalized spacial score (nSPS) is 11.8. The average molecular weight is 230 g/mol. The van der Waals surface area contributed by atoms with Crippen LogP contribution in [0.1, 0.15) is 30.9 Å². The van der Waals surface area contributed by atoms with E-state index in [0.717, 1.165) is 22.8 Å². The van der Waals surface area contributed by atoms with Gasteiger partial charge >= 0.3 is 0 Å². The Kier molecular flexibility index (Phi) is 2.75. The van der Waals surface area contributed by atoms with Gasteiger partial charge in [-0.05, 0) is 39.8 Å². The van der Waals surface area contributed by atoms with E-state index in [9.17, 15) is 0 Å². The molecule has 2 heterocycles. The maximum Gasteiger partial charge on any atom is 0.0995 e. The molecule has 2 aromatic heterocycles. The minimum Gasteiger partial charge on any atom is -0.321 e. The Hall–Kier alpha value is -1.68. The molecular formula is C13H18N4. The molecular weight excluding hydrogens is 212 g/mol. The molecule has 90 valence electrons. The molecule has 4 nitrogen and oxygen atoms in total. The smallest absolute Gasteiger partial charge is 0.0995 e. The number of nitrogens with zero attached hydrogens (tertiary/aromatic N) is 3. The molecule has 0 aromatic carbocycles. The zero-order valence-corrected chi connectivity index (χ0v) is 10.7. The quantitative estimate of drug-likeness (QED) is 0.859. The van der Waals surface area contributed by atoms with Crippen molar-refractivity contribution in [3.05, 3.63) is 41.7 Å². The van der Waals surface area contributed by atoms with Crippen LogP contribution in [0, 0.1) is 13.8 Å². The van der Waals surface area contributed by atoms with Crippen molar-refractivity contribution in [1.82, 2.24) is 14.5 Å². The summed E-state index contributed by atoms with van der Waals surface area (Å²) in [5.41, 5.74) is 9.72. The first kappa shape index (κ1) is 11.8. The average Bonchev–Trinajstić information content (AvgIpc) is 2.65. The monoisotopic (exact) mass is 230 g/mol. The number of pyridine rings is 1. The van der Waals surface area contributed by atoms with Crippen LogP contribution in [0.5, 0.6) is 0 Å². The lowest BCUT2D eigenvalue weighted by Gasteiger charge is -2.21. The van der Waals surface area contributed by atoms with Crippen molar-refractivity contribution in [2.75, 3.05) is 0 Å². The summed E-state index contributed by atoms with van der Waals surface area (Å²) < 4.78 is 2.00. The summed E-state index contributed by atoms with van der Waals surface area (Å²) in [5, 5.41) is 0. The summed E-state index contributed by atoms with van der Waals surface area (Å²) in [4.78, 5) is 8.65. The fourth-order valence-electron chi connectivity index (χ4n) is 1.90. The molecule has 2 N–H and O–H groups in total. The van der Waals surface area contributed by atoms with Crippen LogP contribution < -0.4 is 5.73 Å². The van der Waals surface area contributed by atoms with Crippen molar-refractivity contribution in [3.63, 3.8) is 0 Å². The van der Waals surface area contributed by atoms with Gasteiger partial charge in [-0.1, -0.05) is 0 Å². The van der Waals surface area contributed by atoms with Crippen LogP contribution >= 0.6 is 0 Å². The van der Waals surface area contributed by atoms with Gasteiger partial charge in [-0.25, -0.2) is 4.98 Å². The topological polar surface area (TPSA) is 56.7 Å². The Bertz CT molecular complexity index is 535. The SMILES string of the molecule is Cc1ccc(-n2cncc2C(C)(C)N)c(C)n1. The zero-order valence-electron chi connectivity index (χ0n) is 10.7. The van der Waals surface area contributed by atoms with E-state index in [1.807, 2.05) is 38.3 Å². The molecule has 2 aromatic rings. The Morgan fingerprint density at radius 2 is 1.94 bits per heavy atom. The van der Waals surface area contributed by atoms with Gasteiger partial charge < -0.3 is 5.73 Å². The Morgan fingerprint density at radius 3 is 2.53 bits per heavy atom. The van der Waals surface area contributed by atoms with E-state index in [0.29, 0.717) is 0 Å². The molecule has 0 spiro atoms. The summed E-state index contributed by atoms with van der Waals surface area (Å²) in [5.74, 6) is 0. The maximum absolute atomic E-state index is 6.14. The lowest BCUT2D eigenvalue weighted by molar-refractivity contribution is 0.524. The maximum atomic E-state index is 6.14. The van der Waals surface area contributed by atoms with Gasteiger partial charge in [-0.2, -0.15) is 0 Å². The third-order valence-electron chi connectivity index (χ3n) is 2.76. The van der Waals surface area contributed by atoms with Gasteiger partial charge in [-0.15, -0.1) is 0 Å². The minimum atomic E-state index is -0.423. The van der Waals surface area contributed by atoms with Gasteiger partial charge in [0, 0.05) is 5.69 Å². The number of nitrogens with two attached hydrogens (primary N) is 1. The molecule has 0 bridgehead atoms. The van der Waals surface area contributed by atoms with Crippen LogP contribution in [0.25, 0.3) is 5.69 Å². The van der Waals surface area contributed by atoms with E-state index < -0.39 is 5.54 Å². The van der Waals surface area contributed by atoms with Crippen molar-refractivity contribution in [1.29, 1.82) is 0 Å². The number of rotatable bonds is 2. The van der Waals surface area contributed by atoms with E-state index in [1.165, 1.54) is 0 Å². The fraction of sp³-hybridized carbons (Fsp3) is 0.385. The lowest BCUT2D eigenvalue weighted by Crippen LogP contribution is -2.31. The molecule has 17 heavy (non-hydrogen) atoms. The van der Waals surface area contributed by atoms with Crippen molar-refractivity contribution in [2.45, 2.75) is 33.2 Å². The van der Waals surface area contributed by atoms with Crippen LogP contribution in [0.3, 0.4) is 0 Å². The summed E-state index contributed by atoms with van der Waals surface area (Å²) in [6.45, 7) is 7.92. The molecule has 0 aliphatic rings. The van der Waals surface area contributed by atoms with Gasteiger partial charge in [0.15, 0.2) is 0 Å². The zero-order chi connectivity index (χ0) is 12.6. The predicted octanol–water partition coefficient (Wildman–Crippen LogP) is 2.08. The highest BCUT2D eigenvalue weighted by Crippen LogP contribution is 2.22. The van der Waals surface area contributed by atoms with Crippen LogP contribution in [0.4, 0.5) is 0 Å². The second-order valence-corrected chi connectivity index (χ2v) is 4.93. The number of aryl methyl sites for hydroxylation is 2. The third kappa shape index (κ3) is 2.22. The van der Waals surface area contributed by atoms with E-state index >= 15 is 0 Å². The van der Waals surface area contributed by atoms with Crippen LogP contribution in [-0.4, -0.2) is 14.5 Å². The first-order valence-electron chi connectivity index (χ1n) is 5.66. The summed E-state index contributed by atoms with van der Waals surface area (Å²) in [7, 11) is 0. The molecule has 0 aliphatic heterocycles. The van der Waals surface area contributed by atoms with Gasteiger partial charge in [0.25, 0.3) is 0 Å².